The molecule has 1 N–H and O–H groups in total. The van der Waals surface area contributed by atoms with Gasteiger partial charge in [0.15, 0.2) is 0 Å². The first kappa shape index (κ1) is 14.1. The summed E-state index contributed by atoms with van der Waals surface area (Å²) in [4.78, 5) is 4.71. The summed E-state index contributed by atoms with van der Waals surface area (Å²) in [7, 11) is 0. The summed E-state index contributed by atoms with van der Waals surface area (Å²) in [5.41, 5.74) is 2.88. The summed E-state index contributed by atoms with van der Waals surface area (Å²) in [6.07, 6.45) is 10.1. The Balaban J connectivity index is 1.78. The van der Waals surface area contributed by atoms with Crippen molar-refractivity contribution < 1.29 is 0 Å². The summed E-state index contributed by atoms with van der Waals surface area (Å²) in [6.45, 7) is 5.67. The summed E-state index contributed by atoms with van der Waals surface area (Å²) >= 11 is 0. The molecule has 4 atom stereocenters. The number of aromatic nitrogens is 1. The van der Waals surface area contributed by atoms with Crippen LogP contribution in [0.4, 0.5) is 0 Å². The maximum atomic E-state index is 4.71. The second-order valence-electron chi connectivity index (χ2n) is 6.62. The minimum absolute atomic E-state index is 0.645. The molecule has 0 aromatic carbocycles. The highest BCUT2D eigenvalue weighted by molar-refractivity contribution is 5.30. The second-order valence-corrected chi connectivity index (χ2v) is 6.62. The van der Waals surface area contributed by atoms with Crippen LogP contribution in [-0.4, -0.2) is 17.6 Å². The predicted octanol–water partition coefficient (Wildman–Crippen LogP) is 3.92. The van der Waals surface area contributed by atoms with E-state index in [9.17, 15) is 0 Å². The van der Waals surface area contributed by atoms with Crippen molar-refractivity contribution in [1.29, 1.82) is 0 Å². The normalized spacial score (nSPS) is 30.4. The Hall–Kier alpha value is -0.890. The van der Waals surface area contributed by atoms with E-state index in [4.69, 9.17) is 4.98 Å². The van der Waals surface area contributed by atoms with Gasteiger partial charge >= 0.3 is 0 Å². The zero-order chi connectivity index (χ0) is 13.9. The standard InChI is InChI=1S/C18H28N2/c1-3-13-7-8-15(12-13)18(19-4-2)16-10-9-14-6-5-11-20-17(14)16/h5-6,11,13,15-16,18-19H,3-4,7-10,12H2,1-2H3. The Morgan fingerprint density at radius 2 is 2.20 bits per heavy atom. The topological polar surface area (TPSA) is 24.9 Å². The Morgan fingerprint density at radius 1 is 1.30 bits per heavy atom. The van der Waals surface area contributed by atoms with Crippen LogP contribution in [0.15, 0.2) is 18.3 Å². The molecule has 2 heteroatoms. The zero-order valence-electron chi connectivity index (χ0n) is 12.9. The van der Waals surface area contributed by atoms with Gasteiger partial charge in [-0.05, 0) is 55.7 Å². The first-order valence-electron chi connectivity index (χ1n) is 8.50. The SMILES string of the molecule is CCNC(C1CCC(CC)C1)C1CCc2cccnc21. The second kappa shape index (κ2) is 6.26. The molecular weight excluding hydrogens is 244 g/mol. The van der Waals surface area contributed by atoms with E-state index >= 15 is 0 Å². The molecule has 3 rings (SSSR count). The Kier molecular flexibility index (Phi) is 4.40. The van der Waals surface area contributed by atoms with Gasteiger partial charge in [0.25, 0.3) is 0 Å². The van der Waals surface area contributed by atoms with Gasteiger partial charge in [-0.1, -0.05) is 32.8 Å². The van der Waals surface area contributed by atoms with Crippen LogP contribution in [0.3, 0.4) is 0 Å². The summed E-state index contributed by atoms with van der Waals surface area (Å²) < 4.78 is 0. The molecule has 110 valence electrons. The number of likely N-dealkylation sites (N-methyl/N-ethyl adjacent to an activating group) is 1. The molecule has 2 nitrogen and oxygen atoms in total. The Labute approximate surface area is 123 Å². The van der Waals surface area contributed by atoms with Crippen molar-refractivity contribution in [3.8, 4) is 0 Å². The van der Waals surface area contributed by atoms with Gasteiger partial charge in [-0.2, -0.15) is 0 Å². The molecule has 4 unspecified atom stereocenters. The predicted molar refractivity (Wildman–Crippen MR) is 83.9 cm³/mol. The molecule has 0 aliphatic heterocycles. The molecule has 0 amide bonds. The quantitative estimate of drug-likeness (QED) is 0.879. The molecule has 1 aromatic heterocycles. The van der Waals surface area contributed by atoms with Crippen LogP contribution in [0, 0.1) is 11.8 Å². The molecule has 1 heterocycles. The van der Waals surface area contributed by atoms with Crippen molar-refractivity contribution in [2.75, 3.05) is 6.54 Å². The van der Waals surface area contributed by atoms with E-state index in [1.807, 2.05) is 6.20 Å². The maximum absolute atomic E-state index is 4.71. The maximum Gasteiger partial charge on any atom is 0.0482 e. The number of nitrogens with zero attached hydrogens (tertiary/aromatic N) is 1. The highest BCUT2D eigenvalue weighted by atomic mass is 14.9. The van der Waals surface area contributed by atoms with E-state index in [1.165, 1.54) is 49.8 Å². The third-order valence-electron chi connectivity index (χ3n) is 5.54. The largest absolute Gasteiger partial charge is 0.313 e. The van der Waals surface area contributed by atoms with Crippen LogP contribution in [0.2, 0.25) is 0 Å². The summed E-state index contributed by atoms with van der Waals surface area (Å²) in [5.74, 6) is 2.47. The average Bonchev–Trinajstić information content (AvgIpc) is 3.12. The highest BCUT2D eigenvalue weighted by Gasteiger charge is 2.38. The smallest absolute Gasteiger partial charge is 0.0482 e. The summed E-state index contributed by atoms with van der Waals surface area (Å²) in [5, 5.41) is 3.81. The van der Waals surface area contributed by atoms with Crippen LogP contribution in [0.1, 0.15) is 63.1 Å². The number of hydrogen-bond donors (Lipinski definition) is 1. The molecule has 2 aliphatic carbocycles. The number of hydrogen-bond acceptors (Lipinski definition) is 2. The van der Waals surface area contributed by atoms with Crippen molar-refractivity contribution >= 4 is 0 Å². The average molecular weight is 272 g/mol. The molecule has 0 radical (unpaired) electrons. The lowest BCUT2D eigenvalue weighted by Gasteiger charge is -2.30. The van der Waals surface area contributed by atoms with E-state index in [0.717, 1.165) is 18.4 Å². The van der Waals surface area contributed by atoms with E-state index in [2.05, 4.69) is 31.3 Å². The van der Waals surface area contributed by atoms with Gasteiger partial charge in [0.1, 0.15) is 0 Å². The molecule has 2 aliphatic rings. The van der Waals surface area contributed by atoms with Gasteiger partial charge in [0.05, 0.1) is 0 Å². The number of rotatable bonds is 5. The Bertz CT molecular complexity index is 443. The fourth-order valence-electron chi connectivity index (χ4n) is 4.48. The lowest BCUT2D eigenvalue weighted by molar-refractivity contribution is 0.301. The first-order chi connectivity index (χ1) is 9.83. The van der Waals surface area contributed by atoms with Gasteiger partial charge in [-0.15, -0.1) is 0 Å². The number of fused-ring (bicyclic) bond motifs is 1. The van der Waals surface area contributed by atoms with Crippen molar-refractivity contribution in [2.45, 2.75) is 64.3 Å². The van der Waals surface area contributed by atoms with Crippen LogP contribution in [-0.2, 0) is 6.42 Å². The highest BCUT2D eigenvalue weighted by Crippen LogP contribution is 2.43. The zero-order valence-corrected chi connectivity index (χ0v) is 12.9. The first-order valence-corrected chi connectivity index (χ1v) is 8.50. The van der Waals surface area contributed by atoms with Crippen LogP contribution in [0.5, 0.6) is 0 Å². The van der Waals surface area contributed by atoms with Gasteiger partial charge in [-0.25, -0.2) is 0 Å². The van der Waals surface area contributed by atoms with Crippen molar-refractivity contribution in [2.24, 2.45) is 11.8 Å². The van der Waals surface area contributed by atoms with Crippen molar-refractivity contribution in [1.82, 2.24) is 10.3 Å². The van der Waals surface area contributed by atoms with Gasteiger partial charge in [0.2, 0.25) is 0 Å². The third kappa shape index (κ3) is 2.63. The van der Waals surface area contributed by atoms with Gasteiger partial charge < -0.3 is 5.32 Å². The fraction of sp³-hybridized carbons (Fsp3) is 0.722. The molecule has 0 bridgehead atoms. The molecule has 0 saturated heterocycles. The molecule has 1 saturated carbocycles. The third-order valence-corrected chi connectivity index (χ3v) is 5.54. The molecule has 0 spiro atoms. The van der Waals surface area contributed by atoms with E-state index in [-0.39, 0.29) is 0 Å². The number of aryl methyl sites for hydroxylation is 1. The van der Waals surface area contributed by atoms with Crippen LogP contribution in [0.25, 0.3) is 0 Å². The van der Waals surface area contributed by atoms with Crippen LogP contribution >= 0.6 is 0 Å². The molecular formula is C18H28N2. The monoisotopic (exact) mass is 272 g/mol. The van der Waals surface area contributed by atoms with E-state index in [0.29, 0.717) is 12.0 Å². The van der Waals surface area contributed by atoms with E-state index in [1.54, 1.807) is 0 Å². The Morgan fingerprint density at radius 3 is 2.95 bits per heavy atom. The fourth-order valence-corrected chi connectivity index (χ4v) is 4.48. The lowest BCUT2D eigenvalue weighted by Crippen LogP contribution is -2.40. The van der Waals surface area contributed by atoms with Crippen molar-refractivity contribution in [3.63, 3.8) is 0 Å². The summed E-state index contributed by atoms with van der Waals surface area (Å²) in [6, 6.07) is 5.01. The van der Waals surface area contributed by atoms with Gasteiger partial charge in [0, 0.05) is 23.9 Å². The molecule has 20 heavy (non-hydrogen) atoms. The lowest BCUT2D eigenvalue weighted by atomic mass is 9.84. The minimum Gasteiger partial charge on any atom is -0.313 e. The number of pyridine rings is 1. The number of nitrogens with one attached hydrogen (secondary N) is 1. The van der Waals surface area contributed by atoms with E-state index < -0.39 is 0 Å². The van der Waals surface area contributed by atoms with Crippen LogP contribution < -0.4 is 5.32 Å². The minimum atomic E-state index is 0.645. The van der Waals surface area contributed by atoms with Gasteiger partial charge in [-0.3, -0.25) is 4.98 Å². The molecule has 1 fully saturated rings. The molecule has 1 aromatic rings. The van der Waals surface area contributed by atoms with Crippen molar-refractivity contribution in [3.05, 3.63) is 29.6 Å².